The highest BCUT2D eigenvalue weighted by Gasteiger charge is 1.88. The number of hydrogen-bond acceptors (Lipinski definition) is 0. The molecule has 15 heavy (non-hydrogen) atoms. The minimum Gasteiger partial charge on any atom is -0.207 e. The van der Waals surface area contributed by atoms with Crippen LogP contribution in [0.1, 0.15) is 11.1 Å². The molecule has 0 aliphatic rings. The summed E-state index contributed by atoms with van der Waals surface area (Å²) in [5.41, 5.74) is 2.14. The first kappa shape index (κ1) is 9.66. The lowest BCUT2D eigenvalue weighted by atomic mass is 10.1. The van der Waals surface area contributed by atoms with Gasteiger partial charge in [0.1, 0.15) is 5.82 Å². The highest BCUT2D eigenvalue weighted by molar-refractivity contribution is 5.69. The van der Waals surface area contributed by atoms with Crippen LogP contribution in [0.2, 0.25) is 0 Å². The van der Waals surface area contributed by atoms with E-state index in [1.165, 1.54) is 12.1 Å². The van der Waals surface area contributed by atoms with Crippen molar-refractivity contribution in [3.05, 3.63) is 71.5 Å². The number of hydrogen-bond donors (Lipinski definition) is 0. The van der Waals surface area contributed by atoms with Crippen LogP contribution < -0.4 is 0 Å². The van der Waals surface area contributed by atoms with E-state index in [9.17, 15) is 4.39 Å². The number of benzene rings is 2. The van der Waals surface area contributed by atoms with E-state index in [1.807, 2.05) is 42.5 Å². The highest BCUT2D eigenvalue weighted by atomic mass is 19.1. The summed E-state index contributed by atoms with van der Waals surface area (Å²) >= 11 is 0. The lowest BCUT2D eigenvalue weighted by molar-refractivity contribution is 0.628. The third-order valence-corrected chi connectivity index (χ3v) is 2.14. The van der Waals surface area contributed by atoms with E-state index >= 15 is 0 Å². The molecule has 0 nitrogen and oxygen atoms in total. The fourth-order valence-corrected chi connectivity index (χ4v) is 1.33. The van der Waals surface area contributed by atoms with Crippen molar-refractivity contribution < 1.29 is 4.39 Å². The zero-order valence-electron chi connectivity index (χ0n) is 8.23. The van der Waals surface area contributed by atoms with Gasteiger partial charge in [-0.15, -0.1) is 0 Å². The van der Waals surface area contributed by atoms with Gasteiger partial charge in [0.25, 0.3) is 0 Å². The molecule has 1 heteroatoms. The van der Waals surface area contributed by atoms with Gasteiger partial charge in [0.15, 0.2) is 0 Å². The molecular weight excluding hydrogens is 187 g/mol. The summed E-state index contributed by atoms with van der Waals surface area (Å²) in [5, 5.41) is 0. The van der Waals surface area contributed by atoms with Gasteiger partial charge in [0, 0.05) is 0 Å². The molecule has 0 saturated carbocycles. The molecule has 0 radical (unpaired) electrons. The Kier molecular flexibility index (Phi) is 2.93. The van der Waals surface area contributed by atoms with Crippen molar-refractivity contribution in [1.82, 2.24) is 0 Å². The predicted octanol–water partition coefficient (Wildman–Crippen LogP) is 4.00. The van der Waals surface area contributed by atoms with Crippen LogP contribution in [0, 0.1) is 5.82 Å². The van der Waals surface area contributed by atoms with Gasteiger partial charge < -0.3 is 0 Å². The minimum absolute atomic E-state index is 0.202. The Morgan fingerprint density at radius 1 is 0.667 bits per heavy atom. The third-order valence-electron chi connectivity index (χ3n) is 2.14. The van der Waals surface area contributed by atoms with E-state index in [1.54, 1.807) is 12.1 Å². The van der Waals surface area contributed by atoms with Crippen molar-refractivity contribution in [3.63, 3.8) is 0 Å². The van der Waals surface area contributed by atoms with Crippen molar-refractivity contribution in [3.8, 4) is 0 Å². The Morgan fingerprint density at radius 3 is 1.80 bits per heavy atom. The van der Waals surface area contributed by atoms with Crippen molar-refractivity contribution in [2.45, 2.75) is 0 Å². The van der Waals surface area contributed by atoms with E-state index in [-0.39, 0.29) is 5.82 Å². The molecule has 74 valence electrons. The van der Waals surface area contributed by atoms with E-state index in [0.29, 0.717) is 0 Å². The summed E-state index contributed by atoms with van der Waals surface area (Å²) in [4.78, 5) is 0. The maximum atomic E-state index is 12.6. The first-order valence-electron chi connectivity index (χ1n) is 4.83. The Balaban J connectivity index is 2.15. The van der Waals surface area contributed by atoms with Gasteiger partial charge in [0.05, 0.1) is 0 Å². The summed E-state index contributed by atoms with van der Waals surface area (Å²) in [5.74, 6) is -0.202. The number of rotatable bonds is 2. The van der Waals surface area contributed by atoms with E-state index in [4.69, 9.17) is 0 Å². The van der Waals surface area contributed by atoms with Crippen molar-refractivity contribution in [2.75, 3.05) is 0 Å². The molecule has 0 N–H and O–H groups in total. The van der Waals surface area contributed by atoms with Gasteiger partial charge in [-0.05, 0) is 23.3 Å². The maximum absolute atomic E-state index is 12.6. The molecule has 0 spiro atoms. The predicted molar refractivity (Wildman–Crippen MR) is 61.8 cm³/mol. The van der Waals surface area contributed by atoms with Gasteiger partial charge in [-0.3, -0.25) is 0 Å². The smallest absolute Gasteiger partial charge is 0.123 e. The molecule has 0 fully saturated rings. The lowest BCUT2D eigenvalue weighted by Crippen LogP contribution is -1.74. The second kappa shape index (κ2) is 4.56. The maximum Gasteiger partial charge on any atom is 0.123 e. The highest BCUT2D eigenvalue weighted by Crippen LogP contribution is 2.08. The Bertz CT molecular complexity index is 441. The standard InChI is InChI=1S/C14H11F/c15-14-10-8-13(9-11-14)7-6-12-4-2-1-3-5-12/h1-11H. The molecule has 2 aromatic carbocycles. The fourth-order valence-electron chi connectivity index (χ4n) is 1.33. The second-order valence-electron chi connectivity index (χ2n) is 3.30. The lowest BCUT2D eigenvalue weighted by Gasteiger charge is -1.93. The van der Waals surface area contributed by atoms with Gasteiger partial charge in [-0.1, -0.05) is 54.6 Å². The van der Waals surface area contributed by atoms with Crippen LogP contribution in [0.5, 0.6) is 0 Å². The quantitative estimate of drug-likeness (QED) is 0.640. The first-order chi connectivity index (χ1) is 7.34. The molecule has 0 bridgehead atoms. The van der Waals surface area contributed by atoms with Crippen LogP contribution in [-0.4, -0.2) is 0 Å². The summed E-state index contributed by atoms with van der Waals surface area (Å²) in [6.07, 6.45) is 3.97. The summed E-state index contributed by atoms with van der Waals surface area (Å²) in [7, 11) is 0. The van der Waals surface area contributed by atoms with Crippen LogP contribution in [0.25, 0.3) is 12.2 Å². The van der Waals surface area contributed by atoms with E-state index in [2.05, 4.69) is 0 Å². The van der Waals surface area contributed by atoms with Crippen LogP contribution in [0.4, 0.5) is 4.39 Å². The van der Waals surface area contributed by atoms with Crippen LogP contribution in [0.15, 0.2) is 54.6 Å². The zero-order valence-corrected chi connectivity index (χ0v) is 8.23. The Hall–Kier alpha value is -1.89. The van der Waals surface area contributed by atoms with Crippen molar-refractivity contribution in [2.24, 2.45) is 0 Å². The number of halogens is 1. The molecular formula is C14H11F. The van der Waals surface area contributed by atoms with E-state index < -0.39 is 0 Å². The molecule has 0 unspecified atom stereocenters. The molecule has 0 aliphatic carbocycles. The summed E-state index contributed by atoms with van der Waals surface area (Å²) < 4.78 is 12.6. The topological polar surface area (TPSA) is 0 Å². The summed E-state index contributed by atoms with van der Waals surface area (Å²) in [6.45, 7) is 0. The Morgan fingerprint density at radius 2 is 1.20 bits per heavy atom. The molecule has 0 saturated heterocycles. The van der Waals surface area contributed by atoms with E-state index in [0.717, 1.165) is 11.1 Å². The average Bonchev–Trinajstić information content (AvgIpc) is 2.30. The van der Waals surface area contributed by atoms with Gasteiger partial charge in [0.2, 0.25) is 0 Å². The molecule has 0 atom stereocenters. The second-order valence-corrected chi connectivity index (χ2v) is 3.30. The average molecular weight is 198 g/mol. The first-order valence-corrected chi connectivity index (χ1v) is 4.83. The van der Waals surface area contributed by atoms with Crippen molar-refractivity contribution >= 4 is 12.2 Å². The Labute approximate surface area is 88.7 Å². The molecule has 0 aliphatic heterocycles. The SMILES string of the molecule is Fc1ccc(C=Cc2ccccc2)cc1. The van der Waals surface area contributed by atoms with Gasteiger partial charge in [-0.25, -0.2) is 4.39 Å². The van der Waals surface area contributed by atoms with Crippen LogP contribution >= 0.6 is 0 Å². The van der Waals surface area contributed by atoms with Crippen LogP contribution in [-0.2, 0) is 0 Å². The zero-order chi connectivity index (χ0) is 10.5. The largest absolute Gasteiger partial charge is 0.207 e. The molecule has 0 heterocycles. The molecule has 0 amide bonds. The third kappa shape index (κ3) is 2.78. The van der Waals surface area contributed by atoms with Crippen molar-refractivity contribution in [1.29, 1.82) is 0 Å². The molecule has 0 aromatic heterocycles. The van der Waals surface area contributed by atoms with Crippen LogP contribution in [0.3, 0.4) is 0 Å². The fraction of sp³-hybridized carbons (Fsp3) is 0. The van der Waals surface area contributed by atoms with Gasteiger partial charge in [-0.2, -0.15) is 0 Å². The minimum atomic E-state index is -0.202. The molecule has 2 aromatic rings. The summed E-state index contributed by atoms with van der Waals surface area (Å²) in [6, 6.07) is 16.5. The van der Waals surface area contributed by atoms with Gasteiger partial charge >= 0.3 is 0 Å². The monoisotopic (exact) mass is 198 g/mol. The normalized spacial score (nSPS) is 10.7. The molecule has 2 rings (SSSR count).